The second kappa shape index (κ2) is 6.38. The first-order valence-corrected chi connectivity index (χ1v) is 7.41. The van der Waals surface area contributed by atoms with E-state index >= 15 is 0 Å². The fourth-order valence-electron chi connectivity index (χ4n) is 1.71. The van der Waals surface area contributed by atoms with Crippen LogP contribution in [0.15, 0.2) is 29.2 Å². The van der Waals surface area contributed by atoms with Crippen molar-refractivity contribution in [3.63, 3.8) is 0 Å². The first-order valence-electron chi connectivity index (χ1n) is 5.87. The minimum absolute atomic E-state index is 0.0280. The van der Waals surface area contributed by atoms with Gasteiger partial charge in [0.15, 0.2) is 0 Å². The molecule has 0 fully saturated rings. The van der Waals surface area contributed by atoms with Gasteiger partial charge in [0.1, 0.15) is 0 Å². The van der Waals surface area contributed by atoms with E-state index in [2.05, 4.69) is 0 Å². The lowest BCUT2D eigenvalue weighted by molar-refractivity contribution is -0.135. The summed E-state index contributed by atoms with van der Waals surface area (Å²) in [5.74, 6) is 0. The molecule has 0 aliphatic heterocycles. The summed E-state index contributed by atoms with van der Waals surface area (Å²) in [6.07, 6.45) is -3.19. The highest BCUT2D eigenvalue weighted by molar-refractivity contribution is 7.89. The summed E-state index contributed by atoms with van der Waals surface area (Å²) in [4.78, 5) is 0.0280. The zero-order valence-electron chi connectivity index (χ0n) is 10.3. The standard InChI is InChI=1S/C12H16F3NO2S/c13-12(14,15)8-3-1-2-5-10-6-4-7-11(9-10)19(16,17)18/h4,6-7,9H,1-3,5,8H2,(H2,16,17,18). The zero-order valence-corrected chi connectivity index (χ0v) is 11.1. The van der Waals surface area contributed by atoms with Crippen molar-refractivity contribution in [2.75, 3.05) is 0 Å². The molecule has 0 radical (unpaired) electrons. The van der Waals surface area contributed by atoms with Crippen molar-refractivity contribution < 1.29 is 21.6 Å². The van der Waals surface area contributed by atoms with Crippen LogP contribution in [0.5, 0.6) is 0 Å². The van der Waals surface area contributed by atoms with Crippen LogP contribution in [0.4, 0.5) is 13.2 Å². The van der Waals surface area contributed by atoms with E-state index < -0.39 is 22.6 Å². The van der Waals surface area contributed by atoms with Gasteiger partial charge < -0.3 is 0 Å². The Balaban J connectivity index is 2.42. The summed E-state index contributed by atoms with van der Waals surface area (Å²) in [6, 6.07) is 6.16. The van der Waals surface area contributed by atoms with Crippen molar-refractivity contribution in [3.05, 3.63) is 29.8 Å². The van der Waals surface area contributed by atoms with Gasteiger partial charge in [0.05, 0.1) is 4.90 Å². The number of rotatable bonds is 6. The highest BCUT2D eigenvalue weighted by atomic mass is 32.2. The fraction of sp³-hybridized carbons (Fsp3) is 0.500. The van der Waals surface area contributed by atoms with E-state index in [0.717, 1.165) is 5.56 Å². The average Bonchev–Trinajstić information content (AvgIpc) is 2.26. The molecule has 1 aromatic rings. The van der Waals surface area contributed by atoms with Gasteiger partial charge in [-0.25, -0.2) is 13.6 Å². The third kappa shape index (κ3) is 6.58. The van der Waals surface area contributed by atoms with E-state index in [0.29, 0.717) is 19.3 Å². The Morgan fingerprint density at radius 2 is 1.79 bits per heavy atom. The number of unbranched alkanes of at least 4 members (excludes halogenated alkanes) is 2. The maximum atomic E-state index is 11.9. The van der Waals surface area contributed by atoms with Gasteiger partial charge in [0, 0.05) is 6.42 Å². The number of hydrogen-bond acceptors (Lipinski definition) is 2. The third-order valence-electron chi connectivity index (χ3n) is 2.65. The molecule has 2 N–H and O–H groups in total. The van der Waals surface area contributed by atoms with Gasteiger partial charge in [0.2, 0.25) is 10.0 Å². The number of benzene rings is 1. The second-order valence-corrected chi connectivity index (χ2v) is 5.93. The third-order valence-corrected chi connectivity index (χ3v) is 3.56. The number of sulfonamides is 1. The molecule has 7 heteroatoms. The van der Waals surface area contributed by atoms with Gasteiger partial charge in [0.25, 0.3) is 0 Å². The van der Waals surface area contributed by atoms with Crippen LogP contribution >= 0.6 is 0 Å². The van der Waals surface area contributed by atoms with Crippen molar-refractivity contribution in [2.24, 2.45) is 5.14 Å². The van der Waals surface area contributed by atoms with Crippen LogP contribution in [0.2, 0.25) is 0 Å². The van der Waals surface area contributed by atoms with Crippen LogP contribution in [-0.4, -0.2) is 14.6 Å². The van der Waals surface area contributed by atoms with Gasteiger partial charge in [-0.15, -0.1) is 0 Å². The number of nitrogens with two attached hydrogens (primary N) is 1. The largest absolute Gasteiger partial charge is 0.389 e. The minimum Gasteiger partial charge on any atom is -0.225 e. The molecule has 0 saturated carbocycles. The SMILES string of the molecule is NS(=O)(=O)c1cccc(CCCCCC(F)(F)F)c1. The Bertz CT molecular complexity index is 512. The van der Waals surface area contributed by atoms with E-state index in [9.17, 15) is 21.6 Å². The van der Waals surface area contributed by atoms with Crippen molar-refractivity contribution in [3.8, 4) is 0 Å². The summed E-state index contributed by atoms with van der Waals surface area (Å²) >= 11 is 0. The molecule has 0 amide bonds. The molecular formula is C12H16F3NO2S. The molecule has 0 aliphatic rings. The molecule has 108 valence electrons. The zero-order chi connectivity index (χ0) is 14.5. The molecule has 0 heterocycles. The smallest absolute Gasteiger partial charge is 0.225 e. The van der Waals surface area contributed by atoms with Gasteiger partial charge in [-0.05, 0) is 37.0 Å². The fourth-order valence-corrected chi connectivity index (χ4v) is 2.29. The number of hydrogen-bond donors (Lipinski definition) is 1. The first-order chi connectivity index (χ1) is 8.68. The maximum Gasteiger partial charge on any atom is 0.389 e. The van der Waals surface area contributed by atoms with E-state index in [-0.39, 0.29) is 11.3 Å². The Morgan fingerprint density at radius 1 is 1.11 bits per heavy atom. The lowest BCUT2D eigenvalue weighted by Gasteiger charge is -2.06. The van der Waals surface area contributed by atoms with Crippen LogP contribution in [-0.2, 0) is 16.4 Å². The van der Waals surface area contributed by atoms with E-state index in [4.69, 9.17) is 5.14 Å². The highest BCUT2D eigenvalue weighted by Crippen LogP contribution is 2.23. The predicted octanol–water partition coefficient (Wildman–Crippen LogP) is 3.00. The molecular weight excluding hydrogens is 279 g/mol. The van der Waals surface area contributed by atoms with Gasteiger partial charge in [-0.2, -0.15) is 13.2 Å². The summed E-state index contributed by atoms with van der Waals surface area (Å²) < 4.78 is 58.0. The molecule has 0 aliphatic carbocycles. The topological polar surface area (TPSA) is 60.2 Å². The van der Waals surface area contributed by atoms with Crippen molar-refractivity contribution >= 4 is 10.0 Å². The molecule has 19 heavy (non-hydrogen) atoms. The van der Waals surface area contributed by atoms with Crippen molar-refractivity contribution in [1.29, 1.82) is 0 Å². The van der Waals surface area contributed by atoms with Crippen LogP contribution in [0, 0.1) is 0 Å². The summed E-state index contributed by atoms with van der Waals surface area (Å²) in [6.45, 7) is 0. The Morgan fingerprint density at radius 3 is 2.37 bits per heavy atom. The average molecular weight is 295 g/mol. The summed E-state index contributed by atoms with van der Waals surface area (Å²) in [7, 11) is -3.73. The molecule has 3 nitrogen and oxygen atoms in total. The quantitative estimate of drug-likeness (QED) is 0.820. The number of primary sulfonamides is 1. The Labute approximate surface area is 110 Å². The first kappa shape index (κ1) is 16.0. The number of alkyl halides is 3. The van der Waals surface area contributed by atoms with Gasteiger partial charge >= 0.3 is 6.18 Å². The molecule has 0 bridgehead atoms. The molecule has 0 atom stereocenters. The second-order valence-electron chi connectivity index (χ2n) is 4.37. The van der Waals surface area contributed by atoms with Crippen LogP contribution < -0.4 is 5.14 Å². The monoisotopic (exact) mass is 295 g/mol. The van der Waals surface area contributed by atoms with Gasteiger partial charge in [-0.1, -0.05) is 18.6 Å². The number of halogens is 3. The predicted molar refractivity (Wildman–Crippen MR) is 66.0 cm³/mol. The lowest BCUT2D eigenvalue weighted by atomic mass is 10.1. The molecule has 0 unspecified atom stereocenters. The van der Waals surface area contributed by atoms with Crippen LogP contribution in [0.3, 0.4) is 0 Å². The van der Waals surface area contributed by atoms with Crippen molar-refractivity contribution in [1.82, 2.24) is 0 Å². The van der Waals surface area contributed by atoms with Crippen LogP contribution in [0.25, 0.3) is 0 Å². The highest BCUT2D eigenvalue weighted by Gasteiger charge is 2.25. The van der Waals surface area contributed by atoms with Gasteiger partial charge in [-0.3, -0.25) is 0 Å². The van der Waals surface area contributed by atoms with E-state index in [1.807, 2.05) is 0 Å². The lowest BCUT2D eigenvalue weighted by Crippen LogP contribution is -2.12. The summed E-state index contributed by atoms with van der Waals surface area (Å²) in [5.41, 5.74) is 0.763. The van der Waals surface area contributed by atoms with Crippen molar-refractivity contribution in [2.45, 2.75) is 43.2 Å². The Hall–Kier alpha value is -1.08. The summed E-state index contributed by atoms with van der Waals surface area (Å²) in [5, 5.41) is 5.00. The van der Waals surface area contributed by atoms with E-state index in [1.54, 1.807) is 12.1 Å². The molecule has 0 aromatic heterocycles. The molecule has 0 spiro atoms. The molecule has 0 saturated heterocycles. The Kier molecular flexibility index (Phi) is 5.37. The van der Waals surface area contributed by atoms with Crippen LogP contribution in [0.1, 0.15) is 31.2 Å². The number of aryl methyl sites for hydroxylation is 1. The molecule has 1 rings (SSSR count). The minimum atomic E-state index is -4.10. The normalized spacial score (nSPS) is 12.6. The molecule has 1 aromatic carbocycles. The van der Waals surface area contributed by atoms with E-state index in [1.165, 1.54) is 12.1 Å². The maximum absolute atomic E-state index is 11.9.